The van der Waals surface area contributed by atoms with Gasteiger partial charge in [0.2, 0.25) is 0 Å². The first-order valence-electron chi connectivity index (χ1n) is 6.46. The van der Waals surface area contributed by atoms with E-state index in [1.165, 1.54) is 11.1 Å². The monoisotopic (exact) mass is 235 g/mol. The molecular weight excluding hydrogens is 210 g/mol. The third-order valence-electron chi connectivity index (χ3n) is 3.52. The van der Waals surface area contributed by atoms with Crippen LogP contribution in [0.3, 0.4) is 0 Å². The highest BCUT2D eigenvalue weighted by Gasteiger charge is 2.24. The molecule has 0 saturated carbocycles. The Balaban J connectivity index is 3.02. The third-order valence-corrected chi connectivity index (χ3v) is 3.52. The summed E-state index contributed by atoms with van der Waals surface area (Å²) in [4.78, 5) is 0. The number of aryl methyl sites for hydroxylation is 1. The van der Waals surface area contributed by atoms with Crippen LogP contribution in [0.25, 0.3) is 0 Å². The van der Waals surface area contributed by atoms with Crippen LogP contribution in [0.2, 0.25) is 0 Å². The van der Waals surface area contributed by atoms with Crippen LogP contribution in [-0.2, 0) is 5.41 Å². The normalized spacial score (nSPS) is 14.4. The molecule has 0 spiro atoms. The Labute approximate surface area is 105 Å². The first-order chi connectivity index (χ1) is 8.07. The zero-order valence-electron chi connectivity index (χ0n) is 11.8. The summed E-state index contributed by atoms with van der Waals surface area (Å²) in [7, 11) is 2.01. The van der Waals surface area contributed by atoms with Crippen molar-refractivity contribution in [3.8, 4) is 5.75 Å². The second-order valence-electron chi connectivity index (χ2n) is 4.86. The molecule has 0 fully saturated rings. The number of rotatable bonds is 6. The van der Waals surface area contributed by atoms with Gasteiger partial charge in [-0.2, -0.15) is 0 Å². The molecule has 0 radical (unpaired) electrons. The fourth-order valence-corrected chi connectivity index (χ4v) is 2.16. The average molecular weight is 235 g/mol. The molecule has 0 bridgehead atoms. The molecule has 0 amide bonds. The van der Waals surface area contributed by atoms with Crippen LogP contribution < -0.4 is 10.1 Å². The maximum absolute atomic E-state index is 5.58. The van der Waals surface area contributed by atoms with Crippen LogP contribution in [0.15, 0.2) is 18.2 Å². The van der Waals surface area contributed by atoms with Crippen molar-refractivity contribution in [2.24, 2.45) is 0 Å². The molecule has 2 heteroatoms. The standard InChI is InChI=1S/C15H25NO/c1-6-15(4,11-16-5)13-8-9-14(17-7-2)12(3)10-13/h8-10,16H,6-7,11H2,1-5H3. The van der Waals surface area contributed by atoms with Crippen molar-refractivity contribution < 1.29 is 4.74 Å². The van der Waals surface area contributed by atoms with Gasteiger partial charge in [0, 0.05) is 12.0 Å². The fraction of sp³-hybridized carbons (Fsp3) is 0.600. The van der Waals surface area contributed by atoms with Crippen molar-refractivity contribution in [3.05, 3.63) is 29.3 Å². The molecular formula is C15H25NO. The Kier molecular flexibility index (Phi) is 5.01. The van der Waals surface area contributed by atoms with Crippen molar-refractivity contribution in [1.82, 2.24) is 5.32 Å². The van der Waals surface area contributed by atoms with E-state index in [4.69, 9.17) is 4.74 Å². The van der Waals surface area contributed by atoms with Gasteiger partial charge in [0.15, 0.2) is 0 Å². The predicted octanol–water partition coefficient (Wildman–Crippen LogP) is 3.28. The highest BCUT2D eigenvalue weighted by Crippen LogP contribution is 2.30. The van der Waals surface area contributed by atoms with Gasteiger partial charge in [0.05, 0.1) is 6.61 Å². The maximum Gasteiger partial charge on any atom is 0.122 e. The molecule has 1 atom stereocenters. The average Bonchev–Trinajstić information content (AvgIpc) is 2.32. The highest BCUT2D eigenvalue weighted by atomic mass is 16.5. The molecule has 1 N–H and O–H groups in total. The Morgan fingerprint density at radius 3 is 2.47 bits per heavy atom. The summed E-state index contributed by atoms with van der Waals surface area (Å²) >= 11 is 0. The molecule has 1 unspecified atom stereocenters. The summed E-state index contributed by atoms with van der Waals surface area (Å²) in [6, 6.07) is 6.54. The zero-order chi connectivity index (χ0) is 12.9. The highest BCUT2D eigenvalue weighted by molar-refractivity contribution is 5.39. The van der Waals surface area contributed by atoms with E-state index in [2.05, 4.69) is 44.3 Å². The van der Waals surface area contributed by atoms with Gasteiger partial charge in [-0.05, 0) is 44.5 Å². The molecule has 1 aromatic rings. The number of ether oxygens (including phenoxy) is 1. The lowest BCUT2D eigenvalue weighted by atomic mass is 9.79. The number of likely N-dealkylation sites (N-methyl/N-ethyl adjacent to an activating group) is 1. The molecule has 0 aliphatic carbocycles. The first kappa shape index (κ1) is 14.0. The second-order valence-corrected chi connectivity index (χ2v) is 4.86. The van der Waals surface area contributed by atoms with E-state index in [1.807, 2.05) is 14.0 Å². The van der Waals surface area contributed by atoms with E-state index in [0.29, 0.717) is 0 Å². The van der Waals surface area contributed by atoms with Crippen molar-refractivity contribution in [2.75, 3.05) is 20.2 Å². The summed E-state index contributed by atoms with van der Waals surface area (Å²) in [6.07, 6.45) is 1.13. The Bertz CT molecular complexity index is 362. The molecule has 0 aromatic heterocycles. The molecule has 0 saturated heterocycles. The van der Waals surface area contributed by atoms with Crippen molar-refractivity contribution in [3.63, 3.8) is 0 Å². The minimum atomic E-state index is 0.199. The number of hydrogen-bond donors (Lipinski definition) is 1. The Hall–Kier alpha value is -1.02. The minimum absolute atomic E-state index is 0.199. The maximum atomic E-state index is 5.58. The van der Waals surface area contributed by atoms with Crippen LogP contribution in [-0.4, -0.2) is 20.2 Å². The number of nitrogens with one attached hydrogen (secondary N) is 1. The molecule has 2 nitrogen and oxygen atoms in total. The topological polar surface area (TPSA) is 21.3 Å². The van der Waals surface area contributed by atoms with Crippen LogP contribution in [0.4, 0.5) is 0 Å². The van der Waals surface area contributed by atoms with E-state index in [-0.39, 0.29) is 5.41 Å². The van der Waals surface area contributed by atoms with E-state index in [0.717, 1.165) is 25.3 Å². The summed E-state index contributed by atoms with van der Waals surface area (Å²) in [5, 5.41) is 3.29. The largest absolute Gasteiger partial charge is 0.494 e. The van der Waals surface area contributed by atoms with Gasteiger partial charge in [-0.15, -0.1) is 0 Å². The lowest BCUT2D eigenvalue weighted by molar-refractivity contribution is 0.337. The molecule has 0 heterocycles. The van der Waals surface area contributed by atoms with Crippen LogP contribution in [0.5, 0.6) is 5.75 Å². The van der Waals surface area contributed by atoms with E-state index in [9.17, 15) is 0 Å². The summed E-state index contributed by atoms with van der Waals surface area (Å²) < 4.78 is 5.58. The Morgan fingerprint density at radius 1 is 1.29 bits per heavy atom. The van der Waals surface area contributed by atoms with Gasteiger partial charge < -0.3 is 10.1 Å². The van der Waals surface area contributed by atoms with Gasteiger partial charge in [0.1, 0.15) is 5.75 Å². The zero-order valence-corrected chi connectivity index (χ0v) is 11.8. The molecule has 0 aliphatic rings. The van der Waals surface area contributed by atoms with Crippen LogP contribution in [0, 0.1) is 6.92 Å². The van der Waals surface area contributed by atoms with Crippen molar-refractivity contribution >= 4 is 0 Å². The van der Waals surface area contributed by atoms with Crippen LogP contribution >= 0.6 is 0 Å². The van der Waals surface area contributed by atoms with E-state index < -0.39 is 0 Å². The second kappa shape index (κ2) is 6.06. The fourth-order valence-electron chi connectivity index (χ4n) is 2.16. The summed E-state index contributed by atoms with van der Waals surface area (Å²) in [5.74, 6) is 0.999. The molecule has 1 rings (SSSR count). The summed E-state index contributed by atoms with van der Waals surface area (Å²) in [6.45, 7) is 10.4. The van der Waals surface area contributed by atoms with Crippen molar-refractivity contribution in [2.45, 2.75) is 39.5 Å². The molecule has 0 aliphatic heterocycles. The molecule has 96 valence electrons. The first-order valence-corrected chi connectivity index (χ1v) is 6.46. The summed E-state index contributed by atoms with van der Waals surface area (Å²) in [5.41, 5.74) is 2.81. The van der Waals surface area contributed by atoms with E-state index >= 15 is 0 Å². The molecule has 1 aromatic carbocycles. The number of benzene rings is 1. The minimum Gasteiger partial charge on any atom is -0.494 e. The van der Waals surface area contributed by atoms with Gasteiger partial charge in [-0.3, -0.25) is 0 Å². The lowest BCUT2D eigenvalue weighted by Gasteiger charge is -2.29. The smallest absolute Gasteiger partial charge is 0.122 e. The number of hydrogen-bond acceptors (Lipinski definition) is 2. The van der Waals surface area contributed by atoms with Crippen LogP contribution in [0.1, 0.15) is 38.3 Å². The van der Waals surface area contributed by atoms with Gasteiger partial charge in [-0.25, -0.2) is 0 Å². The SMILES string of the molecule is CCOc1ccc(C(C)(CC)CNC)cc1C. The quantitative estimate of drug-likeness (QED) is 0.817. The molecule has 17 heavy (non-hydrogen) atoms. The van der Waals surface area contributed by atoms with Gasteiger partial charge >= 0.3 is 0 Å². The van der Waals surface area contributed by atoms with E-state index in [1.54, 1.807) is 0 Å². The lowest BCUT2D eigenvalue weighted by Crippen LogP contribution is -2.33. The van der Waals surface area contributed by atoms with Gasteiger partial charge in [0.25, 0.3) is 0 Å². The Morgan fingerprint density at radius 2 is 2.00 bits per heavy atom. The predicted molar refractivity (Wildman–Crippen MR) is 73.9 cm³/mol. The van der Waals surface area contributed by atoms with Gasteiger partial charge in [-0.1, -0.05) is 26.0 Å². The third kappa shape index (κ3) is 3.22. The van der Waals surface area contributed by atoms with Crippen molar-refractivity contribution in [1.29, 1.82) is 0 Å².